The Morgan fingerprint density at radius 1 is 1.06 bits per heavy atom. The van der Waals surface area contributed by atoms with Crippen molar-refractivity contribution in [2.24, 2.45) is 5.41 Å². The van der Waals surface area contributed by atoms with E-state index in [2.05, 4.69) is 75.9 Å². The zero-order chi connectivity index (χ0) is 13.2. The first-order chi connectivity index (χ1) is 8.44. The van der Waals surface area contributed by atoms with Crippen molar-refractivity contribution in [3.63, 3.8) is 0 Å². The molecule has 92 valence electrons. The van der Waals surface area contributed by atoms with Gasteiger partial charge in [-0.3, -0.25) is 0 Å². The quantitative estimate of drug-likeness (QED) is 0.619. The van der Waals surface area contributed by atoms with E-state index >= 15 is 0 Å². The fraction of sp³-hybridized carbons (Fsp3) is 0.294. The molecule has 0 aliphatic rings. The molecule has 2 rings (SSSR count). The number of benzene rings is 1. The summed E-state index contributed by atoms with van der Waals surface area (Å²) >= 11 is 1.76. The molecule has 1 aromatic carbocycles. The third kappa shape index (κ3) is 3.48. The normalized spacial score (nSPS) is 10.9. The first-order valence-corrected chi connectivity index (χ1v) is 6.96. The molecule has 1 heterocycles. The summed E-state index contributed by atoms with van der Waals surface area (Å²) in [4.78, 5) is 2.43. The van der Waals surface area contributed by atoms with Crippen molar-refractivity contribution < 1.29 is 0 Å². The Morgan fingerprint density at radius 3 is 2.50 bits per heavy atom. The predicted octanol–water partition coefficient (Wildman–Crippen LogP) is 5.12. The number of hydrogen-bond acceptors (Lipinski definition) is 1. The van der Waals surface area contributed by atoms with Crippen LogP contribution in [-0.2, 0) is 0 Å². The molecular weight excluding hydrogens is 236 g/mol. The Bertz CT molecular complexity index is 600. The first-order valence-electron chi connectivity index (χ1n) is 6.14. The van der Waals surface area contributed by atoms with Crippen LogP contribution in [0.3, 0.4) is 0 Å². The van der Waals surface area contributed by atoms with Crippen LogP contribution in [0.2, 0.25) is 0 Å². The SMILES string of the molecule is Cc1cccc(-c2ccc(C#CC(C)(C)C)s2)c1. The van der Waals surface area contributed by atoms with E-state index in [1.54, 1.807) is 11.3 Å². The Hall–Kier alpha value is -1.52. The number of hydrogen-bond donors (Lipinski definition) is 0. The molecule has 0 radical (unpaired) electrons. The molecule has 0 fully saturated rings. The van der Waals surface area contributed by atoms with E-state index in [9.17, 15) is 0 Å². The predicted molar refractivity (Wildman–Crippen MR) is 80.8 cm³/mol. The van der Waals surface area contributed by atoms with Crippen molar-refractivity contribution in [3.8, 4) is 22.3 Å². The van der Waals surface area contributed by atoms with Crippen LogP contribution in [0.5, 0.6) is 0 Å². The minimum atomic E-state index is 0.0630. The van der Waals surface area contributed by atoms with E-state index in [0.29, 0.717) is 0 Å². The van der Waals surface area contributed by atoms with Crippen molar-refractivity contribution in [2.45, 2.75) is 27.7 Å². The van der Waals surface area contributed by atoms with Gasteiger partial charge in [-0.25, -0.2) is 0 Å². The van der Waals surface area contributed by atoms with Crippen molar-refractivity contribution in [1.82, 2.24) is 0 Å². The summed E-state index contributed by atoms with van der Waals surface area (Å²) in [7, 11) is 0. The van der Waals surface area contributed by atoms with Gasteiger partial charge in [-0.2, -0.15) is 0 Å². The Morgan fingerprint density at radius 2 is 1.83 bits per heavy atom. The average Bonchev–Trinajstić information content (AvgIpc) is 2.74. The molecule has 0 bridgehead atoms. The number of rotatable bonds is 1. The molecule has 0 unspecified atom stereocenters. The fourth-order valence-electron chi connectivity index (χ4n) is 1.61. The van der Waals surface area contributed by atoms with E-state index < -0.39 is 0 Å². The second kappa shape index (κ2) is 5.00. The fourth-order valence-corrected chi connectivity index (χ4v) is 2.46. The lowest BCUT2D eigenvalue weighted by Gasteiger charge is -2.06. The second-order valence-corrected chi connectivity index (χ2v) is 6.62. The molecule has 0 amide bonds. The molecule has 2 aromatic rings. The highest BCUT2D eigenvalue weighted by atomic mass is 32.1. The molecule has 0 aliphatic carbocycles. The van der Waals surface area contributed by atoms with E-state index in [4.69, 9.17) is 0 Å². The number of aryl methyl sites for hydroxylation is 1. The largest absolute Gasteiger partial charge is 0.127 e. The van der Waals surface area contributed by atoms with Gasteiger partial charge in [0.05, 0.1) is 4.88 Å². The maximum absolute atomic E-state index is 3.27. The van der Waals surface area contributed by atoms with Crippen molar-refractivity contribution in [3.05, 3.63) is 46.8 Å². The molecule has 18 heavy (non-hydrogen) atoms. The van der Waals surface area contributed by atoms with Crippen LogP contribution in [0.4, 0.5) is 0 Å². The molecule has 0 aliphatic heterocycles. The Labute approximate surface area is 114 Å². The van der Waals surface area contributed by atoms with Crippen LogP contribution >= 0.6 is 11.3 Å². The monoisotopic (exact) mass is 254 g/mol. The van der Waals surface area contributed by atoms with Gasteiger partial charge < -0.3 is 0 Å². The van der Waals surface area contributed by atoms with Crippen LogP contribution in [0.25, 0.3) is 10.4 Å². The van der Waals surface area contributed by atoms with Crippen LogP contribution < -0.4 is 0 Å². The van der Waals surface area contributed by atoms with Crippen molar-refractivity contribution in [1.29, 1.82) is 0 Å². The molecule has 0 saturated carbocycles. The van der Waals surface area contributed by atoms with Gasteiger partial charge in [0, 0.05) is 10.3 Å². The lowest BCUT2D eigenvalue weighted by molar-refractivity contribution is 0.571. The second-order valence-electron chi connectivity index (χ2n) is 5.53. The highest BCUT2D eigenvalue weighted by molar-refractivity contribution is 7.16. The summed E-state index contributed by atoms with van der Waals surface area (Å²) in [6.45, 7) is 8.52. The molecular formula is C17H18S. The van der Waals surface area contributed by atoms with Crippen LogP contribution in [0.1, 0.15) is 31.2 Å². The summed E-state index contributed by atoms with van der Waals surface area (Å²) in [6.07, 6.45) is 0. The molecule has 0 atom stereocenters. The van der Waals surface area contributed by atoms with Gasteiger partial charge >= 0.3 is 0 Å². The van der Waals surface area contributed by atoms with Crippen LogP contribution in [0.15, 0.2) is 36.4 Å². The lowest BCUT2D eigenvalue weighted by atomic mass is 9.98. The smallest absolute Gasteiger partial charge is 0.0775 e. The number of thiophene rings is 1. The van der Waals surface area contributed by atoms with E-state index in [1.807, 2.05) is 0 Å². The average molecular weight is 254 g/mol. The van der Waals surface area contributed by atoms with Gasteiger partial charge in [0.15, 0.2) is 0 Å². The summed E-state index contributed by atoms with van der Waals surface area (Å²) in [5.41, 5.74) is 2.64. The first kappa shape index (κ1) is 12.9. The van der Waals surface area contributed by atoms with Gasteiger partial charge in [-0.1, -0.05) is 41.7 Å². The highest BCUT2D eigenvalue weighted by Crippen LogP contribution is 2.28. The molecule has 1 heteroatoms. The van der Waals surface area contributed by atoms with Gasteiger partial charge in [0.2, 0.25) is 0 Å². The summed E-state index contributed by atoms with van der Waals surface area (Å²) < 4.78 is 0. The maximum Gasteiger partial charge on any atom is 0.0775 e. The highest BCUT2D eigenvalue weighted by Gasteiger charge is 2.05. The summed E-state index contributed by atoms with van der Waals surface area (Å²) in [6, 6.07) is 12.9. The van der Waals surface area contributed by atoms with Gasteiger partial charge in [0.25, 0.3) is 0 Å². The summed E-state index contributed by atoms with van der Waals surface area (Å²) in [5.74, 6) is 6.53. The minimum Gasteiger partial charge on any atom is -0.127 e. The standard InChI is InChI=1S/C17H18S/c1-13-6-5-7-14(12-13)16-9-8-15(18-16)10-11-17(2,3)4/h5-9,12H,1-4H3. The molecule has 0 N–H and O–H groups in total. The van der Waals surface area contributed by atoms with Crippen LogP contribution in [-0.4, -0.2) is 0 Å². The van der Waals surface area contributed by atoms with Crippen LogP contribution in [0, 0.1) is 24.2 Å². The third-order valence-electron chi connectivity index (χ3n) is 2.47. The molecule has 0 saturated heterocycles. The lowest BCUT2D eigenvalue weighted by Crippen LogP contribution is -1.98. The Kier molecular flexibility index (Phi) is 3.59. The van der Waals surface area contributed by atoms with Gasteiger partial charge in [-0.05, 0) is 45.4 Å². The zero-order valence-electron chi connectivity index (χ0n) is 11.4. The van der Waals surface area contributed by atoms with Gasteiger partial charge in [-0.15, -0.1) is 11.3 Å². The Balaban J connectivity index is 2.28. The van der Waals surface area contributed by atoms with E-state index in [1.165, 1.54) is 16.0 Å². The minimum absolute atomic E-state index is 0.0630. The molecule has 0 spiro atoms. The van der Waals surface area contributed by atoms with E-state index in [-0.39, 0.29) is 5.41 Å². The van der Waals surface area contributed by atoms with E-state index in [0.717, 1.165) is 4.88 Å². The maximum atomic E-state index is 3.27. The molecule has 0 nitrogen and oxygen atoms in total. The van der Waals surface area contributed by atoms with Crippen molar-refractivity contribution in [2.75, 3.05) is 0 Å². The van der Waals surface area contributed by atoms with Gasteiger partial charge in [0.1, 0.15) is 0 Å². The topological polar surface area (TPSA) is 0 Å². The molecule has 1 aromatic heterocycles. The third-order valence-corrected chi connectivity index (χ3v) is 3.52. The summed E-state index contributed by atoms with van der Waals surface area (Å²) in [5, 5.41) is 0. The zero-order valence-corrected chi connectivity index (χ0v) is 12.2. The van der Waals surface area contributed by atoms with Crippen molar-refractivity contribution >= 4 is 11.3 Å².